The molecule has 2 amide bonds. The van der Waals surface area contributed by atoms with E-state index in [1.165, 1.54) is 0 Å². The highest BCUT2D eigenvalue weighted by molar-refractivity contribution is 5.74. The average molecular weight is 343 g/mol. The highest BCUT2D eigenvalue weighted by Gasteiger charge is 2.42. The summed E-state index contributed by atoms with van der Waals surface area (Å²) in [6.07, 6.45) is 1.89. The van der Waals surface area contributed by atoms with Crippen LogP contribution in [0, 0.1) is 11.3 Å². The lowest BCUT2D eigenvalue weighted by Crippen LogP contribution is -2.62. The van der Waals surface area contributed by atoms with E-state index in [-0.39, 0.29) is 17.7 Å². The van der Waals surface area contributed by atoms with Gasteiger partial charge >= 0.3 is 6.03 Å². The zero-order valence-electron chi connectivity index (χ0n) is 14.9. The molecule has 2 aliphatic rings. The second-order valence-electron chi connectivity index (χ2n) is 7.08. The van der Waals surface area contributed by atoms with Crippen LogP contribution in [0.25, 0.3) is 0 Å². The molecule has 0 aliphatic carbocycles. The van der Waals surface area contributed by atoms with E-state index in [2.05, 4.69) is 21.3 Å². The van der Waals surface area contributed by atoms with Gasteiger partial charge in [-0.2, -0.15) is 5.26 Å². The quantitative estimate of drug-likeness (QED) is 0.885. The van der Waals surface area contributed by atoms with Gasteiger partial charge in [-0.3, -0.25) is 0 Å². The summed E-state index contributed by atoms with van der Waals surface area (Å²) in [5.41, 5.74) is 0.0504. The number of carbonyl (C=O) groups is 1. The minimum atomic E-state index is -0.366. The van der Waals surface area contributed by atoms with Crippen molar-refractivity contribution in [1.82, 2.24) is 15.2 Å². The molecule has 25 heavy (non-hydrogen) atoms. The first-order chi connectivity index (χ1) is 12.0. The summed E-state index contributed by atoms with van der Waals surface area (Å²) >= 11 is 0. The number of anilines is 1. The van der Waals surface area contributed by atoms with Gasteiger partial charge in [0.15, 0.2) is 0 Å². The summed E-state index contributed by atoms with van der Waals surface area (Å²) in [5, 5.41) is 12.0. The number of ether oxygens (including phenoxy) is 1. The number of hydrogen-bond acceptors (Lipinski definition) is 5. The molecule has 0 radical (unpaired) electrons. The molecule has 2 fully saturated rings. The van der Waals surface area contributed by atoms with E-state index in [1.807, 2.05) is 30.9 Å². The molecule has 3 rings (SSSR count). The Hall–Kier alpha value is -2.33. The molecular weight excluding hydrogens is 318 g/mol. The third kappa shape index (κ3) is 4.02. The summed E-state index contributed by atoms with van der Waals surface area (Å²) in [4.78, 5) is 20.8. The first kappa shape index (κ1) is 17.5. The maximum absolute atomic E-state index is 12.4. The summed E-state index contributed by atoms with van der Waals surface area (Å²) in [7, 11) is 0. The molecule has 2 saturated heterocycles. The molecule has 0 aromatic carbocycles. The molecule has 7 nitrogen and oxygen atoms in total. The van der Waals surface area contributed by atoms with Gasteiger partial charge in [0.25, 0.3) is 0 Å². The largest absolute Gasteiger partial charge is 0.369 e. The van der Waals surface area contributed by atoms with Gasteiger partial charge in [-0.15, -0.1) is 0 Å². The van der Waals surface area contributed by atoms with Crippen molar-refractivity contribution in [3.8, 4) is 6.07 Å². The van der Waals surface area contributed by atoms with E-state index in [0.717, 1.165) is 25.2 Å². The molecule has 1 aromatic heterocycles. The molecule has 0 saturated carbocycles. The van der Waals surface area contributed by atoms with Crippen molar-refractivity contribution in [2.24, 2.45) is 0 Å². The van der Waals surface area contributed by atoms with Crippen LogP contribution in [-0.2, 0) is 4.74 Å². The Labute approximate surface area is 148 Å². The molecule has 1 N–H and O–H groups in total. The number of rotatable bonds is 2. The minimum absolute atomic E-state index is 0.0283. The number of nitrogens with zero attached hydrogens (tertiary/aromatic N) is 4. The van der Waals surface area contributed by atoms with Crippen molar-refractivity contribution < 1.29 is 9.53 Å². The maximum Gasteiger partial charge on any atom is 0.317 e. The second kappa shape index (κ2) is 7.28. The van der Waals surface area contributed by atoms with Crippen molar-refractivity contribution in [1.29, 1.82) is 5.26 Å². The Balaban J connectivity index is 1.73. The fourth-order valence-corrected chi connectivity index (χ4v) is 3.56. The smallest absolute Gasteiger partial charge is 0.317 e. The van der Waals surface area contributed by atoms with Crippen molar-refractivity contribution in [3.63, 3.8) is 0 Å². The number of morpholine rings is 1. The molecule has 1 aromatic rings. The summed E-state index contributed by atoms with van der Waals surface area (Å²) in [6.45, 7) is 7.23. The normalized spacial score (nSPS) is 23.6. The van der Waals surface area contributed by atoms with E-state index < -0.39 is 0 Å². The lowest BCUT2D eigenvalue weighted by molar-refractivity contribution is -0.103. The van der Waals surface area contributed by atoms with Crippen molar-refractivity contribution >= 4 is 11.8 Å². The number of urea groups is 1. The highest BCUT2D eigenvalue weighted by atomic mass is 16.5. The van der Waals surface area contributed by atoms with Crippen LogP contribution in [0.3, 0.4) is 0 Å². The second-order valence-corrected chi connectivity index (χ2v) is 7.08. The number of carbonyl (C=O) groups excluding carboxylic acids is 1. The highest BCUT2D eigenvalue weighted by Crippen LogP contribution is 2.31. The van der Waals surface area contributed by atoms with Crippen molar-refractivity contribution in [2.75, 3.05) is 37.7 Å². The molecule has 2 aliphatic heterocycles. The molecule has 134 valence electrons. The lowest BCUT2D eigenvalue weighted by atomic mass is 9.90. The van der Waals surface area contributed by atoms with Crippen LogP contribution in [0.2, 0.25) is 0 Å². The molecule has 1 unspecified atom stereocenters. The fraction of sp³-hybridized carbons (Fsp3) is 0.611. The first-order valence-corrected chi connectivity index (χ1v) is 8.83. The summed E-state index contributed by atoms with van der Waals surface area (Å²) < 4.78 is 6.14. The van der Waals surface area contributed by atoms with Gasteiger partial charge < -0.3 is 19.9 Å². The van der Waals surface area contributed by atoms with Crippen LogP contribution in [0.4, 0.5) is 10.6 Å². The monoisotopic (exact) mass is 343 g/mol. The number of pyridine rings is 1. The predicted octanol–water partition coefficient (Wildman–Crippen LogP) is 1.74. The Kier molecular flexibility index (Phi) is 5.09. The summed E-state index contributed by atoms with van der Waals surface area (Å²) in [6, 6.07) is 7.66. The van der Waals surface area contributed by atoms with Crippen LogP contribution < -0.4 is 10.2 Å². The zero-order chi connectivity index (χ0) is 17.9. The SMILES string of the molecule is CC(C)NC(=O)N1CCOC2(CCCN(c3cccc(C#N)n3)C2)C1. The average Bonchev–Trinajstić information content (AvgIpc) is 2.61. The van der Waals surface area contributed by atoms with Gasteiger partial charge in [-0.25, -0.2) is 9.78 Å². The fourth-order valence-electron chi connectivity index (χ4n) is 3.56. The number of piperidine rings is 1. The number of hydrogen-bond donors (Lipinski definition) is 1. The standard InChI is InChI=1S/C18H25N5O2/c1-14(2)20-17(24)23-9-10-25-18(13-23)7-4-8-22(12-18)16-6-3-5-15(11-19)21-16/h3,5-6,14H,4,7-10,12-13H2,1-2H3,(H,20,24). The number of nitriles is 1. The van der Waals surface area contributed by atoms with Gasteiger partial charge in [0.1, 0.15) is 23.2 Å². The third-order valence-corrected chi connectivity index (χ3v) is 4.66. The first-order valence-electron chi connectivity index (χ1n) is 8.83. The van der Waals surface area contributed by atoms with Crippen LogP contribution in [0.15, 0.2) is 18.2 Å². The topological polar surface area (TPSA) is 81.5 Å². The Morgan fingerprint density at radius 3 is 3.00 bits per heavy atom. The van der Waals surface area contributed by atoms with Crippen LogP contribution in [-0.4, -0.2) is 60.3 Å². The van der Waals surface area contributed by atoms with E-state index in [9.17, 15) is 4.79 Å². The molecule has 1 spiro atoms. The number of aromatic nitrogens is 1. The van der Waals surface area contributed by atoms with Gasteiger partial charge in [0.05, 0.1) is 19.7 Å². The van der Waals surface area contributed by atoms with Crippen LogP contribution >= 0.6 is 0 Å². The molecule has 7 heteroatoms. The van der Waals surface area contributed by atoms with E-state index in [1.54, 1.807) is 6.07 Å². The number of amides is 2. The number of nitrogens with one attached hydrogen (secondary N) is 1. The molecule has 3 heterocycles. The summed E-state index contributed by atoms with van der Waals surface area (Å²) in [5.74, 6) is 0.797. The molecule has 1 atom stereocenters. The van der Waals surface area contributed by atoms with Crippen LogP contribution in [0.1, 0.15) is 32.4 Å². The molecule has 0 bridgehead atoms. The molecular formula is C18H25N5O2. The van der Waals surface area contributed by atoms with E-state index >= 15 is 0 Å². The third-order valence-electron chi connectivity index (χ3n) is 4.66. The van der Waals surface area contributed by atoms with Gasteiger partial charge in [0.2, 0.25) is 0 Å². The van der Waals surface area contributed by atoms with Crippen molar-refractivity contribution in [3.05, 3.63) is 23.9 Å². The maximum atomic E-state index is 12.4. The Morgan fingerprint density at radius 1 is 1.40 bits per heavy atom. The Morgan fingerprint density at radius 2 is 2.24 bits per heavy atom. The Bertz CT molecular complexity index is 668. The lowest BCUT2D eigenvalue weighted by Gasteiger charge is -2.48. The van der Waals surface area contributed by atoms with Gasteiger partial charge in [0, 0.05) is 19.1 Å². The van der Waals surface area contributed by atoms with Gasteiger partial charge in [-0.1, -0.05) is 6.07 Å². The van der Waals surface area contributed by atoms with Crippen molar-refractivity contribution in [2.45, 2.75) is 38.3 Å². The van der Waals surface area contributed by atoms with E-state index in [4.69, 9.17) is 10.00 Å². The van der Waals surface area contributed by atoms with Crippen LogP contribution in [0.5, 0.6) is 0 Å². The predicted molar refractivity (Wildman–Crippen MR) is 94.3 cm³/mol. The minimum Gasteiger partial charge on any atom is -0.369 e. The zero-order valence-corrected chi connectivity index (χ0v) is 14.9. The van der Waals surface area contributed by atoms with E-state index in [0.29, 0.717) is 31.9 Å². The van der Waals surface area contributed by atoms with Gasteiger partial charge in [-0.05, 0) is 38.8 Å².